The highest BCUT2D eigenvalue weighted by molar-refractivity contribution is 5.81. The van der Waals surface area contributed by atoms with Gasteiger partial charge in [0.15, 0.2) is 0 Å². The number of rotatable bonds is 5. The third-order valence-corrected chi connectivity index (χ3v) is 6.10. The van der Waals surface area contributed by atoms with Crippen molar-refractivity contribution in [2.24, 2.45) is 11.3 Å². The van der Waals surface area contributed by atoms with Crippen molar-refractivity contribution in [1.29, 1.82) is 0 Å². The minimum absolute atomic E-state index is 0.0308. The number of piperidine rings is 1. The summed E-state index contributed by atoms with van der Waals surface area (Å²) in [5, 5.41) is 17.7. The van der Waals surface area contributed by atoms with Gasteiger partial charge in [0.05, 0.1) is 6.54 Å². The minimum Gasteiger partial charge on any atom is -0.480 e. The molecule has 8 nitrogen and oxygen atoms in total. The summed E-state index contributed by atoms with van der Waals surface area (Å²) in [5.41, 5.74) is -0.0308. The summed E-state index contributed by atoms with van der Waals surface area (Å²) in [5.74, 6) is 0.802. The average molecular weight is 362 g/mol. The van der Waals surface area contributed by atoms with Crippen molar-refractivity contribution in [2.45, 2.75) is 58.0 Å². The lowest BCUT2D eigenvalue weighted by Crippen LogP contribution is -2.44. The molecule has 1 amide bonds. The molecule has 1 N–H and O–H groups in total. The SMILES string of the molecule is CCc1nnc(CN2CC3(CCN(C(=O)C4CC4)CC3)CC2C(=O)O)o1. The number of likely N-dealkylation sites (tertiary alicyclic amines) is 2. The summed E-state index contributed by atoms with van der Waals surface area (Å²) in [6.45, 7) is 4.51. The van der Waals surface area contributed by atoms with Crippen molar-refractivity contribution < 1.29 is 19.1 Å². The van der Waals surface area contributed by atoms with Crippen LogP contribution < -0.4 is 0 Å². The van der Waals surface area contributed by atoms with Crippen LogP contribution in [-0.4, -0.2) is 62.7 Å². The van der Waals surface area contributed by atoms with E-state index in [0.29, 0.717) is 43.6 Å². The maximum absolute atomic E-state index is 12.3. The highest BCUT2D eigenvalue weighted by atomic mass is 16.4. The van der Waals surface area contributed by atoms with E-state index >= 15 is 0 Å². The number of nitrogens with zero attached hydrogens (tertiary/aromatic N) is 4. The molecule has 4 rings (SSSR count). The third kappa shape index (κ3) is 3.34. The summed E-state index contributed by atoms with van der Waals surface area (Å²) in [6.07, 6.45) is 5.09. The number of amides is 1. The lowest BCUT2D eigenvalue weighted by atomic mass is 9.76. The van der Waals surface area contributed by atoms with E-state index < -0.39 is 12.0 Å². The second kappa shape index (κ2) is 6.64. The molecule has 26 heavy (non-hydrogen) atoms. The molecule has 1 atom stereocenters. The molecular formula is C18H26N4O4. The fourth-order valence-corrected chi connectivity index (χ4v) is 4.38. The number of aliphatic carboxylic acids is 1. The first-order chi connectivity index (χ1) is 12.5. The van der Waals surface area contributed by atoms with Crippen molar-refractivity contribution in [1.82, 2.24) is 20.0 Å². The number of carbonyl (C=O) groups excluding carboxylic acids is 1. The highest BCUT2D eigenvalue weighted by Crippen LogP contribution is 2.44. The van der Waals surface area contributed by atoms with Gasteiger partial charge in [-0.1, -0.05) is 6.92 Å². The predicted molar refractivity (Wildman–Crippen MR) is 91.1 cm³/mol. The zero-order chi connectivity index (χ0) is 18.3. The van der Waals surface area contributed by atoms with E-state index in [-0.39, 0.29) is 11.3 Å². The van der Waals surface area contributed by atoms with Gasteiger partial charge in [-0.2, -0.15) is 0 Å². The van der Waals surface area contributed by atoms with Gasteiger partial charge in [-0.3, -0.25) is 14.5 Å². The van der Waals surface area contributed by atoms with E-state index in [1.807, 2.05) is 16.7 Å². The monoisotopic (exact) mass is 362 g/mol. The van der Waals surface area contributed by atoms with E-state index in [4.69, 9.17) is 4.42 Å². The summed E-state index contributed by atoms with van der Waals surface area (Å²) in [7, 11) is 0. The Balaban J connectivity index is 1.42. The van der Waals surface area contributed by atoms with Crippen LogP contribution in [0.2, 0.25) is 0 Å². The van der Waals surface area contributed by atoms with Gasteiger partial charge in [0.25, 0.3) is 0 Å². The Morgan fingerprint density at radius 1 is 1.23 bits per heavy atom. The van der Waals surface area contributed by atoms with Crippen LogP contribution in [0, 0.1) is 11.3 Å². The first-order valence-electron chi connectivity index (χ1n) is 9.56. The van der Waals surface area contributed by atoms with E-state index in [1.165, 1.54) is 0 Å². The maximum atomic E-state index is 12.3. The topological polar surface area (TPSA) is 99.8 Å². The standard InChI is InChI=1S/C18H26N4O4/c1-2-14-19-20-15(26-14)10-22-11-18(9-13(22)17(24)25)5-7-21(8-6-18)16(23)12-3-4-12/h12-13H,2-11H2,1H3,(H,24,25). The van der Waals surface area contributed by atoms with Gasteiger partial charge in [0, 0.05) is 32.0 Å². The summed E-state index contributed by atoms with van der Waals surface area (Å²) >= 11 is 0. The zero-order valence-electron chi connectivity index (χ0n) is 15.2. The molecule has 3 aliphatic rings. The van der Waals surface area contributed by atoms with Crippen LogP contribution in [0.1, 0.15) is 50.8 Å². The van der Waals surface area contributed by atoms with Crippen molar-refractivity contribution in [2.75, 3.05) is 19.6 Å². The number of hydrogen-bond acceptors (Lipinski definition) is 6. The van der Waals surface area contributed by atoms with Gasteiger partial charge in [0.2, 0.25) is 17.7 Å². The molecule has 142 valence electrons. The summed E-state index contributed by atoms with van der Waals surface area (Å²) in [6, 6.07) is -0.530. The van der Waals surface area contributed by atoms with E-state index in [1.54, 1.807) is 0 Å². The number of hydrogen-bond donors (Lipinski definition) is 1. The molecule has 2 aliphatic heterocycles. The molecule has 1 aliphatic carbocycles. The molecular weight excluding hydrogens is 336 g/mol. The Kier molecular flexibility index (Phi) is 4.46. The van der Waals surface area contributed by atoms with Crippen LogP contribution in [0.25, 0.3) is 0 Å². The van der Waals surface area contributed by atoms with Crippen molar-refractivity contribution in [3.05, 3.63) is 11.8 Å². The largest absolute Gasteiger partial charge is 0.480 e. The molecule has 0 radical (unpaired) electrons. The average Bonchev–Trinajstić information content (AvgIpc) is 3.29. The maximum Gasteiger partial charge on any atom is 0.320 e. The normalized spacial score (nSPS) is 25.7. The number of carboxylic acid groups (broad SMARTS) is 1. The first kappa shape index (κ1) is 17.5. The predicted octanol–water partition coefficient (Wildman–Crippen LogP) is 1.31. The van der Waals surface area contributed by atoms with E-state index in [0.717, 1.165) is 38.8 Å². The molecule has 8 heteroatoms. The molecule has 1 aromatic rings. The summed E-state index contributed by atoms with van der Waals surface area (Å²) < 4.78 is 5.57. The lowest BCUT2D eigenvalue weighted by molar-refractivity contribution is -0.142. The fraction of sp³-hybridized carbons (Fsp3) is 0.778. The smallest absolute Gasteiger partial charge is 0.320 e. The Bertz CT molecular complexity index is 691. The van der Waals surface area contributed by atoms with Crippen molar-refractivity contribution in [3.63, 3.8) is 0 Å². The van der Waals surface area contributed by atoms with Crippen LogP contribution in [0.5, 0.6) is 0 Å². The molecule has 3 fully saturated rings. The molecule has 1 spiro atoms. The van der Waals surface area contributed by atoms with Crippen LogP contribution in [-0.2, 0) is 22.6 Å². The molecule has 1 unspecified atom stereocenters. The number of aromatic nitrogens is 2. The minimum atomic E-state index is -0.798. The quantitative estimate of drug-likeness (QED) is 0.843. The Labute approximate surface area is 152 Å². The van der Waals surface area contributed by atoms with Crippen LogP contribution in [0.15, 0.2) is 4.42 Å². The molecule has 1 aromatic heterocycles. The zero-order valence-corrected chi connectivity index (χ0v) is 15.2. The van der Waals surface area contributed by atoms with Crippen molar-refractivity contribution in [3.8, 4) is 0 Å². The van der Waals surface area contributed by atoms with Gasteiger partial charge < -0.3 is 14.4 Å². The third-order valence-electron chi connectivity index (χ3n) is 6.10. The number of carboxylic acids is 1. The van der Waals surface area contributed by atoms with Gasteiger partial charge in [0.1, 0.15) is 6.04 Å². The van der Waals surface area contributed by atoms with Crippen LogP contribution in [0.3, 0.4) is 0 Å². The van der Waals surface area contributed by atoms with E-state index in [9.17, 15) is 14.7 Å². The molecule has 2 saturated heterocycles. The van der Waals surface area contributed by atoms with E-state index in [2.05, 4.69) is 10.2 Å². The number of aryl methyl sites for hydroxylation is 1. The Hall–Kier alpha value is -1.96. The van der Waals surface area contributed by atoms with Crippen LogP contribution in [0.4, 0.5) is 0 Å². The molecule has 3 heterocycles. The molecule has 0 aromatic carbocycles. The van der Waals surface area contributed by atoms with Crippen molar-refractivity contribution >= 4 is 11.9 Å². The molecule has 0 bridgehead atoms. The second-order valence-corrected chi connectivity index (χ2v) is 8.01. The number of carbonyl (C=O) groups is 2. The highest BCUT2D eigenvalue weighted by Gasteiger charge is 2.49. The fourth-order valence-electron chi connectivity index (χ4n) is 4.38. The summed E-state index contributed by atoms with van der Waals surface area (Å²) in [4.78, 5) is 28.0. The van der Waals surface area contributed by atoms with Crippen LogP contribution >= 0.6 is 0 Å². The Morgan fingerprint density at radius 3 is 2.50 bits per heavy atom. The van der Waals surface area contributed by atoms with Gasteiger partial charge in [-0.05, 0) is 37.5 Å². The lowest BCUT2D eigenvalue weighted by Gasteiger charge is -2.39. The van der Waals surface area contributed by atoms with Gasteiger partial charge >= 0.3 is 5.97 Å². The Morgan fingerprint density at radius 2 is 1.92 bits per heavy atom. The van der Waals surface area contributed by atoms with Gasteiger partial charge in [-0.25, -0.2) is 0 Å². The second-order valence-electron chi connectivity index (χ2n) is 8.01. The first-order valence-corrected chi connectivity index (χ1v) is 9.56. The van der Waals surface area contributed by atoms with Gasteiger partial charge in [-0.15, -0.1) is 10.2 Å². The molecule has 1 saturated carbocycles.